The topological polar surface area (TPSA) is 108 Å². The van der Waals surface area contributed by atoms with Crippen molar-refractivity contribution in [3.8, 4) is 0 Å². The molecule has 1 fully saturated rings. The fourth-order valence-electron chi connectivity index (χ4n) is 3.82. The molecule has 35 heavy (non-hydrogen) atoms. The van der Waals surface area contributed by atoms with Crippen molar-refractivity contribution >= 4 is 29.4 Å². The number of imide groups is 1. The van der Waals surface area contributed by atoms with E-state index in [1.54, 1.807) is 24.3 Å². The Bertz CT molecular complexity index is 1280. The zero-order valence-electron chi connectivity index (χ0n) is 18.9. The molecule has 9 heteroatoms. The summed E-state index contributed by atoms with van der Waals surface area (Å²) >= 11 is 0. The third-order valence-corrected chi connectivity index (χ3v) is 5.74. The molecule has 0 bridgehead atoms. The highest BCUT2D eigenvalue weighted by atomic mass is 19.1. The zero-order valence-corrected chi connectivity index (χ0v) is 18.9. The molecule has 0 radical (unpaired) electrons. The number of nitrogens with zero attached hydrogens (tertiary/aromatic N) is 1. The van der Waals surface area contributed by atoms with Crippen LogP contribution in [0.3, 0.4) is 0 Å². The molecule has 3 aromatic carbocycles. The molecule has 0 saturated carbocycles. The van der Waals surface area contributed by atoms with Crippen LogP contribution in [0.4, 0.5) is 14.9 Å². The molecule has 1 atom stereocenters. The van der Waals surface area contributed by atoms with Crippen molar-refractivity contribution < 1.29 is 23.6 Å². The van der Waals surface area contributed by atoms with Crippen LogP contribution in [0.5, 0.6) is 0 Å². The average Bonchev–Trinajstić information content (AvgIpc) is 3.07. The molecule has 8 nitrogen and oxygen atoms in total. The molecule has 1 aliphatic rings. The summed E-state index contributed by atoms with van der Waals surface area (Å²) in [6, 6.07) is 20.3. The first-order chi connectivity index (χ1) is 16.8. The van der Waals surface area contributed by atoms with Gasteiger partial charge in [-0.3, -0.25) is 19.3 Å². The molecule has 1 saturated heterocycles. The summed E-state index contributed by atoms with van der Waals surface area (Å²) in [6.45, 7) is 1.25. The number of halogens is 1. The Labute approximate surface area is 201 Å². The van der Waals surface area contributed by atoms with Gasteiger partial charge in [0.05, 0.1) is 11.3 Å². The quantitative estimate of drug-likeness (QED) is 0.457. The van der Waals surface area contributed by atoms with Gasteiger partial charge in [0.15, 0.2) is 0 Å². The number of para-hydroxylation sites is 1. The summed E-state index contributed by atoms with van der Waals surface area (Å²) in [7, 11) is 0. The SMILES string of the molecule is C[C@@]1(c2ccc(F)cc2)NC(=O)N(CC(=O)Nc2ccccc2C(=O)NCc2ccccc2)C1=O. The predicted octanol–water partition coefficient (Wildman–Crippen LogP) is 3.16. The number of hydrogen-bond acceptors (Lipinski definition) is 4. The molecule has 4 rings (SSSR count). The smallest absolute Gasteiger partial charge is 0.325 e. The summed E-state index contributed by atoms with van der Waals surface area (Å²) in [4.78, 5) is 51.8. The Morgan fingerprint density at radius 1 is 0.943 bits per heavy atom. The van der Waals surface area contributed by atoms with Crippen LogP contribution in [-0.2, 0) is 21.7 Å². The number of benzene rings is 3. The molecule has 3 N–H and O–H groups in total. The Morgan fingerprint density at radius 2 is 1.60 bits per heavy atom. The monoisotopic (exact) mass is 474 g/mol. The van der Waals surface area contributed by atoms with Crippen LogP contribution in [0.2, 0.25) is 0 Å². The summed E-state index contributed by atoms with van der Waals surface area (Å²) in [5.41, 5.74) is 0.368. The van der Waals surface area contributed by atoms with Gasteiger partial charge in [0, 0.05) is 6.54 Å². The number of carbonyl (C=O) groups excluding carboxylic acids is 4. The first-order valence-electron chi connectivity index (χ1n) is 10.9. The fourth-order valence-corrected chi connectivity index (χ4v) is 3.82. The summed E-state index contributed by atoms with van der Waals surface area (Å²) in [5.74, 6) is -2.15. The van der Waals surface area contributed by atoms with Crippen molar-refractivity contribution in [3.63, 3.8) is 0 Å². The van der Waals surface area contributed by atoms with Crippen LogP contribution < -0.4 is 16.0 Å². The molecule has 0 aliphatic carbocycles. The van der Waals surface area contributed by atoms with E-state index in [-0.39, 0.29) is 17.2 Å². The van der Waals surface area contributed by atoms with E-state index in [2.05, 4.69) is 16.0 Å². The molecule has 0 spiro atoms. The van der Waals surface area contributed by atoms with Crippen LogP contribution in [0.15, 0.2) is 78.9 Å². The number of hydrogen-bond donors (Lipinski definition) is 3. The van der Waals surface area contributed by atoms with Gasteiger partial charge in [0.1, 0.15) is 17.9 Å². The fraction of sp³-hybridized carbons (Fsp3) is 0.154. The number of nitrogens with one attached hydrogen (secondary N) is 3. The third kappa shape index (κ3) is 5.03. The molecule has 1 heterocycles. The van der Waals surface area contributed by atoms with Gasteiger partial charge < -0.3 is 16.0 Å². The van der Waals surface area contributed by atoms with Crippen molar-refractivity contribution in [2.24, 2.45) is 0 Å². The molecule has 1 aliphatic heterocycles. The molecule has 0 unspecified atom stereocenters. The first kappa shape index (κ1) is 23.6. The number of urea groups is 1. The summed E-state index contributed by atoms with van der Waals surface area (Å²) in [5, 5.41) is 7.98. The van der Waals surface area contributed by atoms with Gasteiger partial charge in [-0.1, -0.05) is 54.6 Å². The minimum Gasteiger partial charge on any atom is -0.348 e. The number of anilines is 1. The van der Waals surface area contributed by atoms with Gasteiger partial charge in [0.25, 0.3) is 11.8 Å². The number of rotatable bonds is 7. The maximum Gasteiger partial charge on any atom is 0.325 e. The van der Waals surface area contributed by atoms with Crippen LogP contribution >= 0.6 is 0 Å². The van der Waals surface area contributed by atoms with Crippen molar-refractivity contribution in [1.29, 1.82) is 0 Å². The lowest BCUT2D eigenvalue weighted by molar-refractivity contribution is -0.133. The minimum atomic E-state index is -1.43. The van der Waals surface area contributed by atoms with Crippen molar-refractivity contribution in [2.45, 2.75) is 19.0 Å². The highest BCUT2D eigenvalue weighted by Crippen LogP contribution is 2.29. The Morgan fingerprint density at radius 3 is 2.31 bits per heavy atom. The van der Waals surface area contributed by atoms with E-state index in [1.165, 1.54) is 31.2 Å². The normalized spacial score (nSPS) is 17.1. The van der Waals surface area contributed by atoms with Crippen molar-refractivity contribution in [1.82, 2.24) is 15.5 Å². The van der Waals surface area contributed by atoms with Gasteiger partial charge in [-0.25, -0.2) is 9.18 Å². The lowest BCUT2D eigenvalue weighted by Gasteiger charge is -2.22. The van der Waals surface area contributed by atoms with Crippen LogP contribution in [0.25, 0.3) is 0 Å². The van der Waals surface area contributed by atoms with Gasteiger partial charge >= 0.3 is 6.03 Å². The molecular weight excluding hydrogens is 451 g/mol. The maximum absolute atomic E-state index is 13.3. The van der Waals surface area contributed by atoms with E-state index in [0.717, 1.165) is 10.5 Å². The standard InChI is InChI=1S/C26H23FN4O4/c1-26(18-11-13-19(27)14-12-18)24(34)31(25(35)30-26)16-22(32)29-21-10-6-5-9-20(21)23(33)28-15-17-7-3-2-4-8-17/h2-14H,15-16H2,1H3,(H,28,33)(H,29,32)(H,30,35)/t26-/m0/s1. The molecular formula is C26H23FN4O4. The second-order valence-electron chi connectivity index (χ2n) is 8.22. The Balaban J connectivity index is 1.43. The van der Waals surface area contributed by atoms with E-state index in [9.17, 15) is 23.6 Å². The third-order valence-electron chi connectivity index (χ3n) is 5.74. The van der Waals surface area contributed by atoms with E-state index >= 15 is 0 Å². The van der Waals surface area contributed by atoms with Crippen molar-refractivity contribution in [3.05, 3.63) is 101 Å². The van der Waals surface area contributed by atoms with Crippen molar-refractivity contribution in [2.75, 3.05) is 11.9 Å². The molecule has 0 aromatic heterocycles. The molecule has 3 aromatic rings. The Hall–Kier alpha value is -4.53. The average molecular weight is 474 g/mol. The van der Waals surface area contributed by atoms with E-state index in [1.807, 2.05) is 30.3 Å². The van der Waals surface area contributed by atoms with Crippen LogP contribution in [0, 0.1) is 5.82 Å². The van der Waals surface area contributed by atoms with Gasteiger partial charge in [-0.2, -0.15) is 0 Å². The number of amides is 5. The summed E-state index contributed by atoms with van der Waals surface area (Å²) in [6.07, 6.45) is 0. The minimum absolute atomic E-state index is 0.241. The van der Waals surface area contributed by atoms with Crippen LogP contribution in [0.1, 0.15) is 28.4 Å². The van der Waals surface area contributed by atoms with Gasteiger partial charge in [-0.05, 0) is 42.3 Å². The highest BCUT2D eigenvalue weighted by molar-refractivity contribution is 6.11. The van der Waals surface area contributed by atoms with Crippen LogP contribution in [-0.4, -0.2) is 35.2 Å². The maximum atomic E-state index is 13.3. The highest BCUT2D eigenvalue weighted by Gasteiger charge is 2.49. The lowest BCUT2D eigenvalue weighted by Crippen LogP contribution is -2.42. The summed E-state index contributed by atoms with van der Waals surface area (Å²) < 4.78 is 13.3. The Kier molecular flexibility index (Phi) is 6.59. The van der Waals surface area contributed by atoms with Gasteiger partial charge in [-0.15, -0.1) is 0 Å². The molecule has 178 valence electrons. The predicted molar refractivity (Wildman–Crippen MR) is 127 cm³/mol. The van der Waals surface area contributed by atoms with E-state index in [0.29, 0.717) is 12.1 Å². The number of carbonyl (C=O) groups is 4. The second-order valence-corrected chi connectivity index (χ2v) is 8.22. The molecule has 5 amide bonds. The first-order valence-corrected chi connectivity index (χ1v) is 10.9. The largest absolute Gasteiger partial charge is 0.348 e. The second kappa shape index (κ2) is 9.76. The zero-order chi connectivity index (χ0) is 25.0. The van der Waals surface area contributed by atoms with Gasteiger partial charge in [0.2, 0.25) is 5.91 Å². The van der Waals surface area contributed by atoms with E-state index in [4.69, 9.17) is 0 Å². The van der Waals surface area contributed by atoms with E-state index < -0.39 is 35.7 Å². The lowest BCUT2D eigenvalue weighted by atomic mass is 9.92.